The summed E-state index contributed by atoms with van der Waals surface area (Å²) in [6.07, 6.45) is 0.683. The van der Waals surface area contributed by atoms with Crippen LogP contribution in [0.3, 0.4) is 0 Å². The molecule has 1 rings (SSSR count). The molecule has 0 fully saturated rings. The number of hydrogen-bond acceptors (Lipinski definition) is 3. The van der Waals surface area contributed by atoms with Crippen molar-refractivity contribution in [1.82, 2.24) is 0 Å². The predicted octanol–water partition coefficient (Wildman–Crippen LogP) is 2.33. The molecule has 66 valence electrons. The molecule has 1 aromatic rings. The van der Waals surface area contributed by atoms with E-state index >= 15 is 0 Å². The third-order valence-corrected chi connectivity index (χ3v) is 1.72. The Kier molecular flexibility index (Phi) is 2.52. The van der Waals surface area contributed by atoms with Crippen molar-refractivity contribution in [2.24, 2.45) is 5.11 Å². The van der Waals surface area contributed by atoms with Gasteiger partial charge >= 0.3 is 0 Å². The molecule has 13 heavy (non-hydrogen) atoms. The Labute approximate surface area is 74.8 Å². The molecule has 0 atom stereocenters. The van der Waals surface area contributed by atoms with Crippen LogP contribution in [0.1, 0.15) is 15.9 Å². The van der Waals surface area contributed by atoms with Crippen molar-refractivity contribution >= 4 is 17.7 Å². The molecule has 5 nitrogen and oxygen atoms in total. The summed E-state index contributed by atoms with van der Waals surface area (Å²) in [4.78, 5) is 13.2. The molecule has 0 radical (unpaired) electrons. The zero-order chi connectivity index (χ0) is 9.84. The van der Waals surface area contributed by atoms with Gasteiger partial charge in [0.15, 0.2) is 0 Å². The van der Waals surface area contributed by atoms with Gasteiger partial charge < -0.3 is 5.73 Å². The van der Waals surface area contributed by atoms with Crippen molar-refractivity contribution in [1.29, 1.82) is 0 Å². The first kappa shape index (κ1) is 9.09. The SMILES string of the molecule is Cc1c(C=O)cc(N)cc1N=[N+]=[N-]. The van der Waals surface area contributed by atoms with Crippen LogP contribution in [0, 0.1) is 6.92 Å². The number of nitrogens with zero attached hydrogens (tertiary/aromatic N) is 3. The first-order chi connectivity index (χ1) is 6.19. The van der Waals surface area contributed by atoms with Crippen LogP contribution in [0.15, 0.2) is 17.2 Å². The number of hydrogen-bond donors (Lipinski definition) is 1. The van der Waals surface area contributed by atoms with Crippen LogP contribution in [0.2, 0.25) is 0 Å². The highest BCUT2D eigenvalue weighted by Crippen LogP contribution is 2.24. The van der Waals surface area contributed by atoms with Gasteiger partial charge in [0, 0.05) is 21.8 Å². The minimum atomic E-state index is 0.393. The van der Waals surface area contributed by atoms with Crippen molar-refractivity contribution in [2.75, 3.05) is 5.73 Å². The maximum absolute atomic E-state index is 10.5. The average molecular weight is 176 g/mol. The Morgan fingerprint density at radius 3 is 2.85 bits per heavy atom. The van der Waals surface area contributed by atoms with Gasteiger partial charge in [0.05, 0.1) is 0 Å². The van der Waals surface area contributed by atoms with Crippen LogP contribution in [0.5, 0.6) is 0 Å². The second-order valence-corrected chi connectivity index (χ2v) is 2.56. The highest BCUT2D eigenvalue weighted by molar-refractivity contribution is 5.82. The van der Waals surface area contributed by atoms with E-state index in [0.29, 0.717) is 28.8 Å². The second kappa shape index (κ2) is 3.60. The molecule has 0 heterocycles. The molecule has 0 saturated carbocycles. The van der Waals surface area contributed by atoms with Crippen molar-refractivity contribution in [3.05, 3.63) is 33.7 Å². The van der Waals surface area contributed by atoms with Gasteiger partial charge in [0.25, 0.3) is 0 Å². The van der Waals surface area contributed by atoms with Crippen LogP contribution >= 0.6 is 0 Å². The number of nitrogens with two attached hydrogens (primary N) is 1. The minimum Gasteiger partial charge on any atom is -0.399 e. The second-order valence-electron chi connectivity index (χ2n) is 2.56. The van der Waals surface area contributed by atoms with Crippen molar-refractivity contribution in [3.8, 4) is 0 Å². The van der Waals surface area contributed by atoms with E-state index in [9.17, 15) is 4.79 Å². The zero-order valence-corrected chi connectivity index (χ0v) is 7.06. The van der Waals surface area contributed by atoms with Gasteiger partial charge in [-0.15, -0.1) is 0 Å². The van der Waals surface area contributed by atoms with Crippen LogP contribution in [0.4, 0.5) is 11.4 Å². The summed E-state index contributed by atoms with van der Waals surface area (Å²) in [6, 6.07) is 3.07. The van der Waals surface area contributed by atoms with Crippen molar-refractivity contribution in [2.45, 2.75) is 6.92 Å². The van der Waals surface area contributed by atoms with E-state index in [1.165, 1.54) is 6.07 Å². The lowest BCUT2D eigenvalue weighted by molar-refractivity contribution is 0.112. The number of anilines is 1. The van der Waals surface area contributed by atoms with Gasteiger partial charge in [-0.2, -0.15) is 0 Å². The lowest BCUT2D eigenvalue weighted by Crippen LogP contribution is -1.91. The molecule has 0 aliphatic carbocycles. The van der Waals surface area contributed by atoms with Crippen LogP contribution < -0.4 is 5.73 Å². The summed E-state index contributed by atoms with van der Waals surface area (Å²) >= 11 is 0. The molecular weight excluding hydrogens is 168 g/mol. The minimum absolute atomic E-state index is 0.393. The Morgan fingerprint density at radius 1 is 1.62 bits per heavy atom. The van der Waals surface area contributed by atoms with E-state index in [4.69, 9.17) is 11.3 Å². The first-order valence-corrected chi connectivity index (χ1v) is 3.59. The molecule has 5 heteroatoms. The molecule has 2 N–H and O–H groups in total. The fraction of sp³-hybridized carbons (Fsp3) is 0.125. The molecule has 0 aliphatic heterocycles. The van der Waals surface area contributed by atoms with E-state index in [0.717, 1.165) is 0 Å². The van der Waals surface area contributed by atoms with Gasteiger partial charge in [-0.25, -0.2) is 0 Å². The quantitative estimate of drug-likeness (QED) is 0.246. The molecule has 0 amide bonds. The van der Waals surface area contributed by atoms with Gasteiger partial charge in [-0.05, 0) is 30.2 Å². The number of rotatable bonds is 2. The molecule has 0 aliphatic rings. The lowest BCUT2D eigenvalue weighted by atomic mass is 10.1. The lowest BCUT2D eigenvalue weighted by Gasteiger charge is -2.03. The van der Waals surface area contributed by atoms with Crippen molar-refractivity contribution < 1.29 is 4.79 Å². The Hall–Kier alpha value is -2.00. The van der Waals surface area contributed by atoms with Crippen LogP contribution in [0.25, 0.3) is 10.4 Å². The van der Waals surface area contributed by atoms with Crippen LogP contribution in [-0.4, -0.2) is 6.29 Å². The van der Waals surface area contributed by atoms with E-state index in [2.05, 4.69) is 10.0 Å². The van der Waals surface area contributed by atoms with E-state index in [1.54, 1.807) is 13.0 Å². The summed E-state index contributed by atoms with van der Waals surface area (Å²) < 4.78 is 0. The summed E-state index contributed by atoms with van der Waals surface area (Å²) in [5, 5.41) is 3.42. The van der Waals surface area contributed by atoms with Gasteiger partial charge in [0.1, 0.15) is 6.29 Å². The molecule has 0 unspecified atom stereocenters. The highest BCUT2D eigenvalue weighted by atomic mass is 16.1. The molecular formula is C8H8N4O. The largest absolute Gasteiger partial charge is 0.399 e. The van der Waals surface area contributed by atoms with Crippen LogP contribution in [-0.2, 0) is 0 Å². The Balaban J connectivity index is 3.43. The maximum Gasteiger partial charge on any atom is 0.150 e. The zero-order valence-electron chi connectivity index (χ0n) is 7.06. The van der Waals surface area contributed by atoms with E-state index < -0.39 is 0 Å². The molecule has 0 aromatic heterocycles. The standard InChI is InChI=1S/C8H8N4O/c1-5-6(4-13)2-7(9)3-8(5)11-12-10/h2-4H,9H2,1H3. The maximum atomic E-state index is 10.5. The van der Waals surface area contributed by atoms with Gasteiger partial charge in [0.2, 0.25) is 0 Å². The molecule has 0 bridgehead atoms. The number of aldehydes is 1. The summed E-state index contributed by atoms with van der Waals surface area (Å²) in [6.45, 7) is 1.70. The Morgan fingerprint density at radius 2 is 2.31 bits per heavy atom. The number of carbonyl (C=O) groups is 1. The molecule has 0 saturated heterocycles. The number of carbonyl (C=O) groups excluding carboxylic acids is 1. The summed E-state index contributed by atoms with van der Waals surface area (Å²) in [5.41, 5.74) is 15.6. The fourth-order valence-corrected chi connectivity index (χ4v) is 1.02. The van der Waals surface area contributed by atoms with Crippen molar-refractivity contribution in [3.63, 3.8) is 0 Å². The average Bonchev–Trinajstić information content (AvgIpc) is 2.11. The third-order valence-electron chi connectivity index (χ3n) is 1.72. The number of azide groups is 1. The normalized spacial score (nSPS) is 9.00. The van der Waals surface area contributed by atoms with Gasteiger partial charge in [-0.3, -0.25) is 4.79 Å². The molecule has 1 aromatic carbocycles. The topological polar surface area (TPSA) is 91.9 Å². The smallest absolute Gasteiger partial charge is 0.150 e. The van der Waals surface area contributed by atoms with E-state index in [-0.39, 0.29) is 0 Å². The Bertz CT molecular complexity index is 393. The summed E-state index contributed by atoms with van der Waals surface area (Å²) in [5.74, 6) is 0. The summed E-state index contributed by atoms with van der Waals surface area (Å²) in [7, 11) is 0. The monoisotopic (exact) mass is 176 g/mol. The fourth-order valence-electron chi connectivity index (χ4n) is 1.02. The number of benzene rings is 1. The first-order valence-electron chi connectivity index (χ1n) is 3.59. The number of nitrogen functional groups attached to an aromatic ring is 1. The van der Waals surface area contributed by atoms with Gasteiger partial charge in [-0.1, -0.05) is 5.11 Å². The predicted molar refractivity (Wildman–Crippen MR) is 49.8 cm³/mol. The molecule has 0 spiro atoms. The third kappa shape index (κ3) is 1.77. The van der Waals surface area contributed by atoms with E-state index in [1.807, 2.05) is 0 Å². The highest BCUT2D eigenvalue weighted by Gasteiger charge is 2.03.